The Hall–Kier alpha value is -0.740. The van der Waals surface area contributed by atoms with E-state index in [2.05, 4.69) is 9.98 Å². The zero-order valence-electron chi connectivity index (χ0n) is 11.6. The van der Waals surface area contributed by atoms with Crippen molar-refractivity contribution in [2.45, 2.75) is 63.6 Å². The van der Waals surface area contributed by atoms with Gasteiger partial charge in [-0.3, -0.25) is 9.98 Å². The molecule has 4 atom stereocenters. The van der Waals surface area contributed by atoms with E-state index >= 15 is 0 Å². The highest BCUT2D eigenvalue weighted by atomic mass is 16.3. The second kappa shape index (κ2) is 7.75. The van der Waals surface area contributed by atoms with Crippen LogP contribution < -0.4 is 0 Å². The van der Waals surface area contributed by atoms with E-state index in [9.17, 15) is 10.2 Å². The lowest BCUT2D eigenvalue weighted by Gasteiger charge is -2.24. The van der Waals surface area contributed by atoms with Gasteiger partial charge in [-0.2, -0.15) is 0 Å². The van der Waals surface area contributed by atoms with Crippen molar-refractivity contribution >= 4 is 12.4 Å². The number of aliphatic hydroxyl groups is 2. The fourth-order valence-electron chi connectivity index (χ4n) is 3.04. The van der Waals surface area contributed by atoms with Crippen LogP contribution in [0.25, 0.3) is 0 Å². The Kier molecular flexibility index (Phi) is 5.98. The molecule has 2 aliphatic rings. The summed E-state index contributed by atoms with van der Waals surface area (Å²) in [5.74, 6) is 0.424. The van der Waals surface area contributed by atoms with E-state index in [1.54, 1.807) is 0 Å². The van der Waals surface area contributed by atoms with Gasteiger partial charge in [0.2, 0.25) is 0 Å². The number of aliphatic hydroxyl groups excluding tert-OH is 2. The Bertz CT molecular complexity index is 287. The van der Waals surface area contributed by atoms with E-state index in [0.29, 0.717) is 6.67 Å². The van der Waals surface area contributed by atoms with Crippen LogP contribution in [-0.2, 0) is 0 Å². The summed E-state index contributed by atoms with van der Waals surface area (Å²) < 4.78 is 0. The maximum absolute atomic E-state index is 9.80. The fraction of sp³-hybridized carbons (Fsp3) is 0.867. The third-order valence-corrected chi connectivity index (χ3v) is 4.32. The SMILES string of the molecule is OC1CCCCC1C=NCN=CC1CCCCC1O. The summed E-state index contributed by atoms with van der Waals surface area (Å²) in [5.41, 5.74) is 0. The molecule has 0 aromatic rings. The maximum Gasteiger partial charge on any atom is 0.128 e. The molecule has 2 N–H and O–H groups in total. The Morgan fingerprint density at radius 2 is 1.16 bits per heavy atom. The second-order valence-electron chi connectivity index (χ2n) is 5.84. The minimum atomic E-state index is -0.221. The van der Waals surface area contributed by atoms with Crippen molar-refractivity contribution in [3.63, 3.8) is 0 Å². The number of nitrogens with zero attached hydrogens (tertiary/aromatic N) is 2. The van der Waals surface area contributed by atoms with Gasteiger partial charge >= 0.3 is 0 Å². The van der Waals surface area contributed by atoms with Gasteiger partial charge < -0.3 is 10.2 Å². The van der Waals surface area contributed by atoms with Crippen LogP contribution in [0, 0.1) is 11.8 Å². The first kappa shape index (κ1) is 14.7. The molecule has 4 nitrogen and oxygen atoms in total. The molecule has 0 radical (unpaired) electrons. The van der Waals surface area contributed by atoms with Gasteiger partial charge in [-0.25, -0.2) is 0 Å². The quantitative estimate of drug-likeness (QED) is 0.766. The number of hydrogen-bond acceptors (Lipinski definition) is 4. The average molecular weight is 266 g/mol. The van der Waals surface area contributed by atoms with Crippen molar-refractivity contribution in [1.29, 1.82) is 0 Å². The molecule has 0 saturated heterocycles. The molecule has 108 valence electrons. The van der Waals surface area contributed by atoms with Crippen LogP contribution in [0.4, 0.5) is 0 Å². The number of hydrogen-bond donors (Lipinski definition) is 2. The van der Waals surface area contributed by atoms with Crippen molar-refractivity contribution in [3.05, 3.63) is 0 Å². The Morgan fingerprint density at radius 3 is 1.58 bits per heavy atom. The first-order valence-corrected chi connectivity index (χ1v) is 7.63. The molecule has 0 aliphatic heterocycles. The van der Waals surface area contributed by atoms with Gasteiger partial charge in [0.1, 0.15) is 6.67 Å². The second-order valence-corrected chi connectivity index (χ2v) is 5.84. The average Bonchev–Trinajstić information content (AvgIpc) is 2.42. The van der Waals surface area contributed by atoms with Crippen LogP contribution in [0.3, 0.4) is 0 Å². The molecule has 2 rings (SSSR count). The molecule has 0 amide bonds. The molecule has 19 heavy (non-hydrogen) atoms. The van der Waals surface area contributed by atoms with E-state index in [1.807, 2.05) is 12.4 Å². The van der Waals surface area contributed by atoms with E-state index in [0.717, 1.165) is 38.5 Å². The fourth-order valence-corrected chi connectivity index (χ4v) is 3.04. The summed E-state index contributed by atoms with van der Waals surface area (Å²) in [6.07, 6.45) is 11.8. The van der Waals surface area contributed by atoms with Crippen molar-refractivity contribution in [3.8, 4) is 0 Å². The van der Waals surface area contributed by atoms with Gasteiger partial charge in [0.15, 0.2) is 0 Å². The van der Waals surface area contributed by atoms with Crippen LogP contribution in [-0.4, -0.2) is 41.5 Å². The normalized spacial score (nSPS) is 37.2. The molecule has 2 saturated carbocycles. The zero-order valence-corrected chi connectivity index (χ0v) is 11.6. The molecule has 0 aromatic heterocycles. The van der Waals surface area contributed by atoms with Gasteiger partial charge in [-0.1, -0.05) is 25.7 Å². The monoisotopic (exact) mass is 266 g/mol. The predicted octanol–water partition coefficient (Wildman–Crippen LogP) is 2.19. The van der Waals surface area contributed by atoms with Gasteiger partial charge in [0.25, 0.3) is 0 Å². The highest BCUT2D eigenvalue weighted by Gasteiger charge is 2.21. The third-order valence-electron chi connectivity index (χ3n) is 4.32. The standard InChI is InChI=1S/C15H26N2O2/c18-14-7-3-1-5-12(14)9-16-11-17-10-13-6-2-4-8-15(13)19/h9-10,12-15,18-19H,1-8,11H2. The zero-order chi connectivity index (χ0) is 13.5. The van der Waals surface area contributed by atoms with Crippen molar-refractivity contribution in [2.75, 3.05) is 6.67 Å². The molecule has 0 aromatic carbocycles. The van der Waals surface area contributed by atoms with Crippen LogP contribution in [0.15, 0.2) is 9.98 Å². The summed E-state index contributed by atoms with van der Waals surface area (Å²) in [6.45, 7) is 0.423. The molecular weight excluding hydrogens is 240 g/mol. The molecule has 0 spiro atoms. The summed E-state index contributed by atoms with van der Waals surface area (Å²) in [7, 11) is 0. The van der Waals surface area contributed by atoms with Crippen LogP contribution in [0.1, 0.15) is 51.4 Å². The maximum atomic E-state index is 9.80. The minimum absolute atomic E-state index is 0.212. The first-order chi connectivity index (χ1) is 9.27. The largest absolute Gasteiger partial charge is 0.392 e. The lowest BCUT2D eigenvalue weighted by atomic mass is 9.87. The molecule has 2 fully saturated rings. The Labute approximate surface area is 115 Å². The van der Waals surface area contributed by atoms with Crippen molar-refractivity contribution < 1.29 is 10.2 Å². The van der Waals surface area contributed by atoms with Gasteiger partial charge in [-0.15, -0.1) is 0 Å². The van der Waals surface area contributed by atoms with Crippen LogP contribution in [0.2, 0.25) is 0 Å². The van der Waals surface area contributed by atoms with E-state index in [1.165, 1.54) is 12.8 Å². The van der Waals surface area contributed by atoms with E-state index in [4.69, 9.17) is 0 Å². The summed E-state index contributed by atoms with van der Waals surface area (Å²) >= 11 is 0. The van der Waals surface area contributed by atoms with Gasteiger partial charge in [0.05, 0.1) is 12.2 Å². The summed E-state index contributed by atoms with van der Waals surface area (Å²) in [4.78, 5) is 8.58. The number of rotatable bonds is 4. The van der Waals surface area contributed by atoms with Gasteiger partial charge in [-0.05, 0) is 25.7 Å². The highest BCUT2D eigenvalue weighted by Crippen LogP contribution is 2.23. The van der Waals surface area contributed by atoms with Crippen LogP contribution >= 0.6 is 0 Å². The van der Waals surface area contributed by atoms with Gasteiger partial charge in [0, 0.05) is 24.3 Å². The smallest absolute Gasteiger partial charge is 0.128 e. The molecule has 4 unspecified atom stereocenters. The predicted molar refractivity (Wildman–Crippen MR) is 77.8 cm³/mol. The molecule has 4 heteroatoms. The first-order valence-electron chi connectivity index (χ1n) is 7.63. The lowest BCUT2D eigenvalue weighted by molar-refractivity contribution is 0.103. The summed E-state index contributed by atoms with van der Waals surface area (Å²) in [6, 6.07) is 0. The highest BCUT2D eigenvalue weighted by molar-refractivity contribution is 5.63. The Balaban J connectivity index is 1.70. The molecule has 2 aliphatic carbocycles. The number of aliphatic imine (C=N–C) groups is 2. The van der Waals surface area contributed by atoms with E-state index in [-0.39, 0.29) is 24.0 Å². The molecule has 0 heterocycles. The Morgan fingerprint density at radius 1 is 0.737 bits per heavy atom. The van der Waals surface area contributed by atoms with Crippen molar-refractivity contribution in [1.82, 2.24) is 0 Å². The van der Waals surface area contributed by atoms with Crippen molar-refractivity contribution in [2.24, 2.45) is 21.8 Å². The third kappa shape index (κ3) is 4.69. The van der Waals surface area contributed by atoms with Crippen LogP contribution in [0.5, 0.6) is 0 Å². The van der Waals surface area contributed by atoms with E-state index < -0.39 is 0 Å². The minimum Gasteiger partial charge on any atom is -0.392 e. The topological polar surface area (TPSA) is 65.2 Å². The lowest BCUT2D eigenvalue weighted by Crippen LogP contribution is -2.26. The molecule has 0 bridgehead atoms. The summed E-state index contributed by atoms with van der Waals surface area (Å²) in [5, 5.41) is 19.6. The molecular formula is C15H26N2O2.